The quantitative estimate of drug-likeness (QED) is 0.0212. The van der Waals surface area contributed by atoms with E-state index in [2.05, 4.69) is 74.7 Å². The summed E-state index contributed by atoms with van der Waals surface area (Å²) in [6, 6.07) is -0.893. The number of phosphoric ester groups is 1. The molecule has 0 spiro atoms. The monoisotopic (exact) mass is 1100 g/mol. The molecule has 3 atom stereocenters. The predicted octanol–water partition coefficient (Wildman–Crippen LogP) is 19.6. The Labute approximate surface area is 477 Å². The number of phosphoric acid groups is 1. The van der Waals surface area contributed by atoms with E-state index in [0.717, 1.165) is 96.3 Å². The summed E-state index contributed by atoms with van der Waals surface area (Å²) in [5.74, 6) is -0.544. The molecule has 3 unspecified atom stereocenters. The number of rotatable bonds is 59. The van der Waals surface area contributed by atoms with Crippen molar-refractivity contribution in [2.75, 3.05) is 40.9 Å². The first-order chi connectivity index (χ1) is 37.4. The molecule has 0 heterocycles. The van der Waals surface area contributed by atoms with Gasteiger partial charge in [-0.15, -0.1) is 0 Å². The lowest BCUT2D eigenvalue weighted by atomic mass is 10.0. The van der Waals surface area contributed by atoms with Gasteiger partial charge in [-0.1, -0.05) is 255 Å². The molecule has 450 valence electrons. The van der Waals surface area contributed by atoms with Crippen LogP contribution >= 0.6 is 7.82 Å². The number of amides is 1. The van der Waals surface area contributed by atoms with Gasteiger partial charge in [0.15, 0.2) is 0 Å². The van der Waals surface area contributed by atoms with Crippen molar-refractivity contribution in [3.05, 3.63) is 60.8 Å². The number of ether oxygens (including phenoxy) is 1. The Hall–Kier alpha value is -2.29. The van der Waals surface area contributed by atoms with Crippen LogP contribution in [-0.4, -0.2) is 69.4 Å². The Bertz CT molecular complexity index is 1500. The van der Waals surface area contributed by atoms with E-state index in [1.165, 1.54) is 173 Å². The second-order valence-electron chi connectivity index (χ2n) is 23.3. The molecule has 9 nitrogen and oxygen atoms in total. The van der Waals surface area contributed by atoms with E-state index in [1.54, 1.807) is 0 Å². The molecule has 0 rings (SSSR count). The normalized spacial score (nSPS) is 14.0. The van der Waals surface area contributed by atoms with Gasteiger partial charge in [-0.2, -0.15) is 0 Å². The molecular weight excluding hydrogens is 976 g/mol. The van der Waals surface area contributed by atoms with Gasteiger partial charge in [0.25, 0.3) is 7.82 Å². The summed E-state index contributed by atoms with van der Waals surface area (Å²) in [7, 11) is 1.18. The van der Waals surface area contributed by atoms with Gasteiger partial charge in [-0.05, 0) is 96.0 Å². The summed E-state index contributed by atoms with van der Waals surface area (Å²) in [5, 5.41) is 3.03. The van der Waals surface area contributed by atoms with E-state index in [1.807, 2.05) is 33.3 Å². The topological polar surface area (TPSA) is 114 Å². The van der Waals surface area contributed by atoms with E-state index in [9.17, 15) is 19.0 Å². The molecular formula is C67H125N2O7P. The number of hydrogen-bond donors (Lipinski definition) is 1. The van der Waals surface area contributed by atoms with Crippen molar-refractivity contribution in [1.29, 1.82) is 0 Å². The van der Waals surface area contributed by atoms with Crippen molar-refractivity contribution in [3.63, 3.8) is 0 Å². The summed E-state index contributed by atoms with van der Waals surface area (Å²) in [4.78, 5) is 40.0. The van der Waals surface area contributed by atoms with E-state index in [0.29, 0.717) is 17.4 Å². The highest BCUT2D eigenvalue weighted by atomic mass is 31.2. The highest BCUT2D eigenvalue weighted by Gasteiger charge is 2.27. The smallest absolute Gasteiger partial charge is 0.306 e. The molecule has 0 aromatic heterocycles. The van der Waals surface area contributed by atoms with Crippen molar-refractivity contribution in [1.82, 2.24) is 5.32 Å². The van der Waals surface area contributed by atoms with Crippen molar-refractivity contribution in [2.24, 2.45) is 0 Å². The third-order valence-electron chi connectivity index (χ3n) is 14.4. The third kappa shape index (κ3) is 58.2. The molecule has 0 radical (unpaired) electrons. The Balaban J connectivity index is 5.14. The molecule has 0 aliphatic carbocycles. The summed E-state index contributed by atoms with van der Waals surface area (Å²) in [5.41, 5.74) is 0. The van der Waals surface area contributed by atoms with Gasteiger partial charge >= 0.3 is 5.97 Å². The number of hydrogen-bond acceptors (Lipinski definition) is 7. The van der Waals surface area contributed by atoms with Crippen LogP contribution in [0, 0.1) is 0 Å². The maximum atomic E-state index is 13.5. The number of esters is 1. The Morgan fingerprint density at radius 3 is 1.22 bits per heavy atom. The van der Waals surface area contributed by atoms with Crippen LogP contribution in [-0.2, 0) is 27.9 Å². The predicted molar refractivity (Wildman–Crippen MR) is 330 cm³/mol. The lowest BCUT2D eigenvalue weighted by Crippen LogP contribution is -2.47. The highest BCUT2D eigenvalue weighted by molar-refractivity contribution is 7.45. The molecule has 10 heteroatoms. The second-order valence-corrected chi connectivity index (χ2v) is 24.7. The molecule has 0 saturated carbocycles. The van der Waals surface area contributed by atoms with Crippen LogP contribution in [0.15, 0.2) is 60.8 Å². The van der Waals surface area contributed by atoms with Crippen molar-refractivity contribution in [3.8, 4) is 0 Å². The van der Waals surface area contributed by atoms with Crippen LogP contribution in [0.3, 0.4) is 0 Å². The first-order valence-corrected chi connectivity index (χ1v) is 34.1. The Morgan fingerprint density at radius 2 is 0.792 bits per heavy atom. The molecule has 0 bridgehead atoms. The largest absolute Gasteiger partial charge is 0.756 e. The highest BCUT2D eigenvalue weighted by Crippen LogP contribution is 2.38. The van der Waals surface area contributed by atoms with Crippen LogP contribution in [0.25, 0.3) is 0 Å². The number of unbranched alkanes of at least 4 members (excludes halogenated alkanes) is 35. The second kappa shape index (κ2) is 57.0. The molecule has 0 aliphatic rings. The molecule has 0 aliphatic heterocycles. The standard InChI is InChI=1S/C67H125N2O7P/c1-7-10-13-16-19-22-25-27-29-31-32-33-34-35-36-38-39-41-44-47-50-53-56-59-66(70)68-64(63-75-77(72,73)74-62-61-69(4,5)6)65(58-55-52-49-46-43-24-21-18-15-12-9-3)76-67(71)60-57-54-51-48-45-42-40-37-30-28-26-23-20-17-14-11-8-2/h19,22,27-30,32-33,55,58,64-65H,7-18,20-21,23-26,31,34-54,56-57,59-63H2,1-6H3,(H-,68,70,72,73)/b22-19-,29-27-,30-28+,33-32-,58-55-. The minimum atomic E-state index is -4.70. The fourth-order valence-corrected chi connectivity index (χ4v) is 10.1. The number of nitrogens with zero attached hydrogens (tertiary/aromatic N) is 1. The lowest BCUT2D eigenvalue weighted by Gasteiger charge is -2.30. The van der Waals surface area contributed by atoms with Crippen LogP contribution in [0.2, 0.25) is 0 Å². The average Bonchev–Trinajstić information content (AvgIpc) is 3.39. The third-order valence-corrected chi connectivity index (χ3v) is 15.4. The van der Waals surface area contributed by atoms with E-state index < -0.39 is 26.6 Å². The van der Waals surface area contributed by atoms with Crippen LogP contribution in [0.5, 0.6) is 0 Å². The zero-order valence-corrected chi connectivity index (χ0v) is 52.3. The van der Waals surface area contributed by atoms with Gasteiger partial charge < -0.3 is 28.5 Å². The van der Waals surface area contributed by atoms with Gasteiger partial charge in [-0.3, -0.25) is 14.2 Å². The molecule has 0 saturated heterocycles. The number of quaternary nitrogens is 1. The summed E-state index contributed by atoms with van der Waals surface area (Å²) >= 11 is 0. The molecule has 77 heavy (non-hydrogen) atoms. The van der Waals surface area contributed by atoms with Gasteiger partial charge in [0.1, 0.15) is 19.3 Å². The van der Waals surface area contributed by atoms with Gasteiger partial charge in [0.2, 0.25) is 5.91 Å². The molecule has 0 fully saturated rings. The van der Waals surface area contributed by atoms with Crippen LogP contribution < -0.4 is 10.2 Å². The fourth-order valence-electron chi connectivity index (χ4n) is 9.35. The minimum Gasteiger partial charge on any atom is -0.756 e. The van der Waals surface area contributed by atoms with Gasteiger partial charge in [-0.25, -0.2) is 0 Å². The summed E-state index contributed by atoms with van der Waals surface area (Å²) < 4.78 is 30.3. The Kier molecular flexibility index (Phi) is 55.3. The number of likely N-dealkylation sites (N-methyl/N-ethyl adjacent to an activating group) is 1. The zero-order chi connectivity index (χ0) is 56.4. The van der Waals surface area contributed by atoms with Gasteiger partial charge in [0.05, 0.1) is 33.8 Å². The van der Waals surface area contributed by atoms with Gasteiger partial charge in [0, 0.05) is 12.8 Å². The Morgan fingerprint density at radius 1 is 0.455 bits per heavy atom. The first kappa shape index (κ1) is 74.7. The van der Waals surface area contributed by atoms with E-state index >= 15 is 0 Å². The lowest BCUT2D eigenvalue weighted by molar-refractivity contribution is -0.870. The van der Waals surface area contributed by atoms with Crippen molar-refractivity contribution >= 4 is 19.7 Å². The average molecular weight is 1100 g/mol. The minimum absolute atomic E-state index is 0.0244. The zero-order valence-electron chi connectivity index (χ0n) is 51.4. The maximum Gasteiger partial charge on any atom is 0.306 e. The van der Waals surface area contributed by atoms with E-state index in [4.69, 9.17) is 13.8 Å². The van der Waals surface area contributed by atoms with Crippen LogP contribution in [0.1, 0.15) is 303 Å². The number of carbonyl (C=O) groups is 2. The molecule has 0 aromatic carbocycles. The summed E-state index contributed by atoms with van der Waals surface area (Å²) in [6.45, 7) is 6.82. The number of carbonyl (C=O) groups excluding carboxylic acids is 2. The SMILES string of the molecule is CCCCC/C=C\C/C=C\C/C=C\CCCCCCCCCCCCC(=O)NC(COP(=O)([O-])OCC[N+](C)(C)C)C(/C=C\CCCCCCCCCCC)OC(=O)CCCCCCCCC/C=C/CCCCCCCC. The maximum absolute atomic E-state index is 13.5. The first-order valence-electron chi connectivity index (χ1n) is 32.6. The number of allylic oxidation sites excluding steroid dienone is 9. The number of nitrogens with one attached hydrogen (secondary N) is 1. The molecule has 1 amide bonds. The van der Waals surface area contributed by atoms with Crippen LogP contribution in [0.4, 0.5) is 0 Å². The molecule has 0 aromatic rings. The fraction of sp³-hybridized carbons (Fsp3) is 0.821. The summed E-state index contributed by atoms with van der Waals surface area (Å²) in [6.07, 6.45) is 71.9. The van der Waals surface area contributed by atoms with E-state index in [-0.39, 0.29) is 24.9 Å². The molecule has 1 N–H and O–H groups in total. The van der Waals surface area contributed by atoms with Crippen molar-refractivity contribution in [2.45, 2.75) is 315 Å². The van der Waals surface area contributed by atoms with Crippen molar-refractivity contribution < 1.29 is 37.3 Å².